The van der Waals surface area contributed by atoms with E-state index in [0.717, 1.165) is 32.1 Å². The van der Waals surface area contributed by atoms with Crippen molar-refractivity contribution in [1.82, 2.24) is 0 Å². The summed E-state index contributed by atoms with van der Waals surface area (Å²) in [7, 11) is 0. The van der Waals surface area contributed by atoms with Crippen molar-refractivity contribution in [2.24, 2.45) is 10.8 Å². The molecule has 136 valence electrons. The zero-order valence-electron chi connectivity index (χ0n) is 15.4. The molecule has 0 spiro atoms. The largest absolute Gasteiger partial charge is 0.481 e. The first kappa shape index (κ1) is 21.9. The van der Waals surface area contributed by atoms with Gasteiger partial charge >= 0.3 is 11.9 Å². The van der Waals surface area contributed by atoms with Gasteiger partial charge in [0, 0.05) is 5.41 Å². The molecule has 5 nitrogen and oxygen atoms in total. The molecule has 23 heavy (non-hydrogen) atoms. The van der Waals surface area contributed by atoms with Crippen LogP contribution in [0.25, 0.3) is 0 Å². The van der Waals surface area contributed by atoms with Crippen LogP contribution in [0.5, 0.6) is 0 Å². The van der Waals surface area contributed by atoms with E-state index in [-0.39, 0.29) is 17.4 Å². The Labute approximate surface area is 140 Å². The van der Waals surface area contributed by atoms with E-state index in [9.17, 15) is 9.59 Å². The third-order valence-electron chi connectivity index (χ3n) is 5.40. The normalized spacial score (nSPS) is 12.2. The molecule has 0 radical (unpaired) electrons. The molecule has 0 aliphatic rings. The van der Waals surface area contributed by atoms with Gasteiger partial charge in [-0.2, -0.15) is 0 Å². The van der Waals surface area contributed by atoms with Crippen LogP contribution >= 0.6 is 0 Å². The van der Waals surface area contributed by atoms with Gasteiger partial charge in [0.1, 0.15) is 6.42 Å². The first-order chi connectivity index (χ1) is 10.8. The fourth-order valence-electron chi connectivity index (χ4n) is 2.65. The molecule has 0 fully saturated rings. The highest BCUT2D eigenvalue weighted by atomic mass is 16.5. The molecule has 0 atom stereocenters. The molecule has 0 saturated heterocycles. The van der Waals surface area contributed by atoms with E-state index in [2.05, 4.69) is 20.8 Å². The van der Waals surface area contributed by atoms with Crippen molar-refractivity contribution < 1.29 is 24.2 Å². The fourth-order valence-corrected chi connectivity index (χ4v) is 2.65. The molecule has 0 unspecified atom stereocenters. The van der Waals surface area contributed by atoms with E-state index in [1.165, 1.54) is 0 Å². The highest BCUT2D eigenvalue weighted by Crippen LogP contribution is 2.33. The first-order valence-corrected chi connectivity index (χ1v) is 8.77. The fraction of sp³-hybridized carbons (Fsp3) is 0.889. The second-order valence-electron chi connectivity index (χ2n) is 6.49. The van der Waals surface area contributed by atoms with E-state index < -0.39 is 18.4 Å². The van der Waals surface area contributed by atoms with Gasteiger partial charge in [0.25, 0.3) is 0 Å². The number of ether oxygens (including phenoxy) is 2. The van der Waals surface area contributed by atoms with E-state index in [4.69, 9.17) is 14.6 Å². The average Bonchev–Trinajstić information content (AvgIpc) is 2.55. The Hall–Kier alpha value is -1.10. The van der Waals surface area contributed by atoms with Gasteiger partial charge in [-0.15, -0.1) is 0 Å². The molecule has 0 aliphatic heterocycles. The number of carbonyl (C=O) groups excluding carboxylic acids is 1. The lowest BCUT2D eigenvalue weighted by atomic mass is 9.80. The van der Waals surface area contributed by atoms with E-state index in [1.807, 2.05) is 13.8 Å². The maximum atomic E-state index is 11.5. The average molecular weight is 330 g/mol. The minimum absolute atomic E-state index is 0.212. The maximum absolute atomic E-state index is 11.5. The van der Waals surface area contributed by atoms with Gasteiger partial charge in [0.05, 0.1) is 19.8 Å². The van der Waals surface area contributed by atoms with Crippen LogP contribution in [0.1, 0.15) is 73.1 Å². The van der Waals surface area contributed by atoms with Gasteiger partial charge in [-0.1, -0.05) is 34.6 Å². The number of carbonyl (C=O) groups is 2. The van der Waals surface area contributed by atoms with E-state index in [0.29, 0.717) is 13.2 Å². The standard InChI is InChI=1S/C18H34O5/c1-6-17(7-2,8-3)12-22-13-18(9-4,10-5)14-23-16(21)11-15(19)20/h6-14H2,1-5H3,(H,19,20). The molecule has 0 saturated carbocycles. The molecular formula is C18H34O5. The van der Waals surface area contributed by atoms with Gasteiger partial charge in [0.15, 0.2) is 0 Å². The number of hydrogen-bond acceptors (Lipinski definition) is 4. The molecule has 0 rings (SSSR count). The highest BCUT2D eigenvalue weighted by molar-refractivity contribution is 5.90. The zero-order chi connectivity index (χ0) is 17.9. The predicted molar refractivity (Wildman–Crippen MR) is 90.4 cm³/mol. The Morgan fingerprint density at radius 2 is 1.22 bits per heavy atom. The quantitative estimate of drug-likeness (QED) is 0.407. The SMILES string of the molecule is CCC(CC)(CC)COCC(CC)(CC)COC(=O)CC(=O)O. The van der Waals surface area contributed by atoms with Crippen LogP contribution in [-0.2, 0) is 19.1 Å². The second-order valence-corrected chi connectivity index (χ2v) is 6.49. The Morgan fingerprint density at radius 3 is 1.61 bits per heavy atom. The van der Waals surface area contributed by atoms with Crippen molar-refractivity contribution in [2.75, 3.05) is 19.8 Å². The van der Waals surface area contributed by atoms with Crippen molar-refractivity contribution in [3.8, 4) is 0 Å². The number of hydrogen-bond donors (Lipinski definition) is 1. The summed E-state index contributed by atoms with van der Waals surface area (Å²) >= 11 is 0. The summed E-state index contributed by atoms with van der Waals surface area (Å²) in [6, 6.07) is 0. The number of carboxylic acids is 1. The minimum atomic E-state index is -1.16. The van der Waals surface area contributed by atoms with Crippen LogP contribution in [0.15, 0.2) is 0 Å². The molecule has 0 bridgehead atoms. The smallest absolute Gasteiger partial charge is 0.317 e. The lowest BCUT2D eigenvalue weighted by Crippen LogP contribution is -2.35. The number of esters is 1. The third kappa shape index (κ3) is 7.34. The monoisotopic (exact) mass is 330 g/mol. The van der Waals surface area contributed by atoms with Gasteiger partial charge in [-0.3, -0.25) is 9.59 Å². The maximum Gasteiger partial charge on any atom is 0.317 e. The minimum Gasteiger partial charge on any atom is -0.481 e. The third-order valence-corrected chi connectivity index (χ3v) is 5.40. The summed E-state index contributed by atoms with van der Waals surface area (Å²) in [4.78, 5) is 22.0. The van der Waals surface area contributed by atoms with Gasteiger partial charge in [-0.25, -0.2) is 0 Å². The molecular weight excluding hydrogens is 296 g/mol. The Kier molecular flexibility index (Phi) is 10.1. The lowest BCUT2D eigenvalue weighted by Gasteiger charge is -2.35. The Bertz CT molecular complexity index is 348. The number of aliphatic carboxylic acids is 1. The van der Waals surface area contributed by atoms with Crippen LogP contribution in [0, 0.1) is 10.8 Å². The summed E-state index contributed by atoms with van der Waals surface area (Å²) in [5.41, 5.74) is -0.0255. The number of carboxylic acid groups (broad SMARTS) is 1. The van der Waals surface area contributed by atoms with Gasteiger partial charge in [0.2, 0.25) is 0 Å². The van der Waals surface area contributed by atoms with Crippen LogP contribution in [0.3, 0.4) is 0 Å². The van der Waals surface area contributed by atoms with Crippen LogP contribution < -0.4 is 0 Å². The summed E-state index contributed by atoms with van der Waals surface area (Å²) in [6.45, 7) is 12.1. The molecule has 1 N–H and O–H groups in total. The number of rotatable bonds is 13. The van der Waals surface area contributed by atoms with E-state index >= 15 is 0 Å². The molecule has 0 aromatic carbocycles. The predicted octanol–water partition coefficient (Wildman–Crippen LogP) is 4.04. The van der Waals surface area contributed by atoms with Crippen molar-refractivity contribution in [2.45, 2.75) is 73.1 Å². The highest BCUT2D eigenvalue weighted by Gasteiger charge is 2.31. The van der Waals surface area contributed by atoms with Crippen LogP contribution in [0.2, 0.25) is 0 Å². The van der Waals surface area contributed by atoms with Crippen molar-refractivity contribution in [3.63, 3.8) is 0 Å². The van der Waals surface area contributed by atoms with Crippen LogP contribution in [-0.4, -0.2) is 36.9 Å². The molecule has 0 aromatic rings. The van der Waals surface area contributed by atoms with Crippen molar-refractivity contribution in [3.05, 3.63) is 0 Å². The molecule has 0 heterocycles. The first-order valence-electron chi connectivity index (χ1n) is 8.77. The zero-order valence-corrected chi connectivity index (χ0v) is 15.4. The van der Waals surface area contributed by atoms with Gasteiger partial charge < -0.3 is 14.6 Å². The Morgan fingerprint density at radius 1 is 0.783 bits per heavy atom. The van der Waals surface area contributed by atoms with Crippen molar-refractivity contribution >= 4 is 11.9 Å². The molecule has 0 aromatic heterocycles. The van der Waals surface area contributed by atoms with Gasteiger partial charge in [-0.05, 0) is 37.5 Å². The van der Waals surface area contributed by atoms with Crippen molar-refractivity contribution in [1.29, 1.82) is 0 Å². The topological polar surface area (TPSA) is 72.8 Å². The molecule has 0 aliphatic carbocycles. The lowest BCUT2D eigenvalue weighted by molar-refractivity contribution is -0.155. The Balaban J connectivity index is 4.59. The summed E-state index contributed by atoms with van der Waals surface area (Å²) in [6.07, 6.45) is 4.30. The second kappa shape index (κ2) is 10.6. The molecule has 0 amide bonds. The molecule has 5 heteroatoms. The summed E-state index contributed by atoms with van der Waals surface area (Å²) in [5.74, 6) is -1.85. The van der Waals surface area contributed by atoms with E-state index in [1.54, 1.807) is 0 Å². The summed E-state index contributed by atoms with van der Waals surface area (Å²) < 4.78 is 11.2. The summed E-state index contributed by atoms with van der Waals surface area (Å²) in [5, 5.41) is 8.61. The van der Waals surface area contributed by atoms with Crippen LogP contribution in [0.4, 0.5) is 0 Å².